The van der Waals surface area contributed by atoms with Crippen LogP contribution in [0.25, 0.3) is 0 Å². The summed E-state index contributed by atoms with van der Waals surface area (Å²) < 4.78 is 53.6. The molecule has 0 atom stereocenters. The molecule has 26 heavy (non-hydrogen) atoms. The first-order chi connectivity index (χ1) is 12.3. The van der Waals surface area contributed by atoms with Gasteiger partial charge >= 0.3 is 6.18 Å². The van der Waals surface area contributed by atoms with Crippen LogP contribution in [0.15, 0.2) is 66.7 Å². The van der Waals surface area contributed by atoms with Crippen molar-refractivity contribution >= 4 is 0 Å². The Hall–Kier alpha value is -2.62. The van der Waals surface area contributed by atoms with E-state index >= 15 is 0 Å². The smallest absolute Gasteiger partial charge is 0.207 e. The fourth-order valence-corrected chi connectivity index (χ4v) is 2.92. The summed E-state index contributed by atoms with van der Waals surface area (Å²) in [5.41, 5.74) is 2.89. The molecule has 0 N–H and O–H groups in total. The predicted octanol–water partition coefficient (Wildman–Crippen LogP) is 6.33. The maximum absolute atomic E-state index is 13.5. The summed E-state index contributed by atoms with van der Waals surface area (Å²) in [5, 5.41) is 0. The van der Waals surface area contributed by atoms with Crippen molar-refractivity contribution in [3.8, 4) is 0 Å². The van der Waals surface area contributed by atoms with Crippen molar-refractivity contribution in [2.75, 3.05) is 0 Å². The lowest BCUT2D eigenvalue weighted by Gasteiger charge is -2.15. The zero-order valence-corrected chi connectivity index (χ0v) is 14.3. The molecule has 0 saturated heterocycles. The van der Waals surface area contributed by atoms with Gasteiger partial charge in [-0.25, -0.2) is 4.39 Å². The summed E-state index contributed by atoms with van der Waals surface area (Å²) in [6.07, 6.45) is -3.88. The minimum atomic E-state index is -4.43. The second-order valence-electron chi connectivity index (χ2n) is 6.45. The van der Waals surface area contributed by atoms with Gasteiger partial charge in [0.25, 0.3) is 0 Å². The Morgan fingerprint density at radius 2 is 1.23 bits per heavy atom. The largest absolute Gasteiger partial charge is 0.416 e. The van der Waals surface area contributed by atoms with E-state index in [4.69, 9.17) is 0 Å². The number of alkyl halides is 3. The van der Waals surface area contributed by atoms with Gasteiger partial charge in [-0.05, 0) is 60.2 Å². The van der Waals surface area contributed by atoms with E-state index < -0.39 is 17.6 Å². The molecule has 0 aromatic heterocycles. The van der Waals surface area contributed by atoms with E-state index in [0.717, 1.165) is 11.1 Å². The van der Waals surface area contributed by atoms with Gasteiger partial charge in [0, 0.05) is 0 Å². The lowest BCUT2D eigenvalue weighted by molar-refractivity contribution is -0.138. The van der Waals surface area contributed by atoms with Crippen LogP contribution in [0.4, 0.5) is 17.6 Å². The molecule has 0 aliphatic heterocycles. The molecule has 0 unspecified atom stereocenters. The third kappa shape index (κ3) is 4.51. The quantitative estimate of drug-likeness (QED) is 0.478. The fraction of sp³-hybridized carbons (Fsp3) is 0.182. The Balaban J connectivity index is 1.90. The summed E-state index contributed by atoms with van der Waals surface area (Å²) >= 11 is 0. The molecule has 3 rings (SSSR count). The standard InChI is InChI=1S/C22H18F4/c1-15-2-4-16(5-3-15)12-18-6-9-19(21(14-18)22(24,25)26)13-17-7-10-20(23)11-8-17/h2-11,14H,12-13H2,1H3. The highest BCUT2D eigenvalue weighted by atomic mass is 19.4. The van der Waals surface area contributed by atoms with Crippen LogP contribution in [0, 0.1) is 12.7 Å². The molecule has 0 fully saturated rings. The Kier molecular flexibility index (Phi) is 5.12. The van der Waals surface area contributed by atoms with Gasteiger partial charge in [-0.15, -0.1) is 0 Å². The van der Waals surface area contributed by atoms with E-state index in [1.807, 2.05) is 31.2 Å². The molecule has 0 saturated carbocycles. The van der Waals surface area contributed by atoms with Crippen LogP contribution in [0.2, 0.25) is 0 Å². The SMILES string of the molecule is Cc1ccc(Cc2ccc(Cc3ccc(F)cc3)c(C(F)(F)F)c2)cc1. The number of hydrogen-bond acceptors (Lipinski definition) is 0. The van der Waals surface area contributed by atoms with Crippen molar-refractivity contribution < 1.29 is 17.6 Å². The van der Waals surface area contributed by atoms with Crippen LogP contribution in [0.3, 0.4) is 0 Å². The summed E-state index contributed by atoms with van der Waals surface area (Å²) in [6, 6.07) is 17.8. The van der Waals surface area contributed by atoms with Gasteiger partial charge in [0.2, 0.25) is 0 Å². The van der Waals surface area contributed by atoms with Gasteiger partial charge in [-0.2, -0.15) is 13.2 Å². The van der Waals surface area contributed by atoms with Crippen LogP contribution in [0.5, 0.6) is 0 Å². The molecule has 0 spiro atoms. The molecule has 0 nitrogen and oxygen atoms in total. The van der Waals surface area contributed by atoms with E-state index in [1.54, 1.807) is 6.07 Å². The van der Waals surface area contributed by atoms with Gasteiger partial charge < -0.3 is 0 Å². The first-order valence-electron chi connectivity index (χ1n) is 8.30. The Morgan fingerprint density at radius 1 is 0.692 bits per heavy atom. The Morgan fingerprint density at radius 3 is 1.85 bits per heavy atom. The van der Waals surface area contributed by atoms with E-state index in [9.17, 15) is 17.6 Å². The zero-order valence-electron chi connectivity index (χ0n) is 14.3. The average Bonchev–Trinajstić information content (AvgIpc) is 2.59. The molecule has 0 heterocycles. The molecular formula is C22H18F4. The normalized spacial score (nSPS) is 11.6. The second kappa shape index (κ2) is 7.32. The van der Waals surface area contributed by atoms with Crippen LogP contribution in [0.1, 0.15) is 33.4 Å². The molecule has 3 aromatic carbocycles. The van der Waals surface area contributed by atoms with E-state index in [1.165, 1.54) is 36.4 Å². The first kappa shape index (κ1) is 18.2. The number of hydrogen-bond donors (Lipinski definition) is 0. The van der Waals surface area contributed by atoms with Crippen molar-refractivity contribution in [2.24, 2.45) is 0 Å². The number of aryl methyl sites for hydroxylation is 1. The first-order valence-corrected chi connectivity index (χ1v) is 8.30. The Bertz CT molecular complexity index is 876. The highest BCUT2D eigenvalue weighted by Crippen LogP contribution is 2.34. The third-order valence-corrected chi connectivity index (χ3v) is 4.32. The van der Waals surface area contributed by atoms with Crippen LogP contribution in [-0.4, -0.2) is 0 Å². The average molecular weight is 358 g/mol. The molecule has 0 aliphatic rings. The molecule has 0 radical (unpaired) electrons. The van der Waals surface area contributed by atoms with E-state index in [0.29, 0.717) is 17.5 Å². The number of rotatable bonds is 4. The minimum Gasteiger partial charge on any atom is -0.207 e. The molecule has 0 amide bonds. The van der Waals surface area contributed by atoms with Gasteiger partial charge in [0.05, 0.1) is 5.56 Å². The summed E-state index contributed by atoms with van der Waals surface area (Å²) in [6.45, 7) is 1.97. The van der Waals surface area contributed by atoms with Crippen molar-refractivity contribution in [1.82, 2.24) is 0 Å². The van der Waals surface area contributed by atoms with Crippen molar-refractivity contribution in [1.29, 1.82) is 0 Å². The van der Waals surface area contributed by atoms with E-state index in [-0.39, 0.29) is 12.0 Å². The van der Waals surface area contributed by atoms with Crippen molar-refractivity contribution in [2.45, 2.75) is 25.9 Å². The molecule has 0 bridgehead atoms. The lowest BCUT2D eigenvalue weighted by atomic mass is 9.95. The highest BCUT2D eigenvalue weighted by Gasteiger charge is 2.33. The topological polar surface area (TPSA) is 0 Å². The van der Waals surface area contributed by atoms with Gasteiger partial charge in [0.15, 0.2) is 0 Å². The third-order valence-electron chi connectivity index (χ3n) is 4.32. The van der Waals surface area contributed by atoms with Crippen LogP contribution < -0.4 is 0 Å². The summed E-state index contributed by atoms with van der Waals surface area (Å²) in [4.78, 5) is 0. The Labute approximate surface area is 150 Å². The number of benzene rings is 3. The molecule has 134 valence electrons. The van der Waals surface area contributed by atoms with Crippen LogP contribution in [-0.2, 0) is 19.0 Å². The van der Waals surface area contributed by atoms with Crippen LogP contribution >= 0.6 is 0 Å². The number of halogens is 4. The lowest BCUT2D eigenvalue weighted by Crippen LogP contribution is -2.10. The van der Waals surface area contributed by atoms with Gasteiger partial charge in [-0.3, -0.25) is 0 Å². The fourth-order valence-electron chi connectivity index (χ4n) is 2.92. The second-order valence-corrected chi connectivity index (χ2v) is 6.45. The van der Waals surface area contributed by atoms with Gasteiger partial charge in [-0.1, -0.05) is 54.1 Å². The van der Waals surface area contributed by atoms with E-state index in [2.05, 4.69) is 0 Å². The predicted molar refractivity (Wildman–Crippen MR) is 94.6 cm³/mol. The monoisotopic (exact) mass is 358 g/mol. The van der Waals surface area contributed by atoms with Crippen molar-refractivity contribution in [3.05, 3.63) is 106 Å². The molecule has 0 aliphatic carbocycles. The summed E-state index contributed by atoms with van der Waals surface area (Å²) in [5.74, 6) is -0.404. The zero-order chi connectivity index (χ0) is 18.7. The molecule has 4 heteroatoms. The van der Waals surface area contributed by atoms with Crippen molar-refractivity contribution in [3.63, 3.8) is 0 Å². The summed E-state index contributed by atoms with van der Waals surface area (Å²) in [7, 11) is 0. The maximum atomic E-state index is 13.5. The maximum Gasteiger partial charge on any atom is 0.416 e. The molecule has 3 aromatic rings. The highest BCUT2D eigenvalue weighted by molar-refractivity contribution is 5.39. The van der Waals surface area contributed by atoms with Gasteiger partial charge in [0.1, 0.15) is 5.82 Å². The minimum absolute atomic E-state index is 0.111. The molecular weight excluding hydrogens is 340 g/mol.